The van der Waals surface area contributed by atoms with E-state index in [2.05, 4.69) is 15.3 Å². The smallest absolute Gasteiger partial charge is 0.323 e. The molecule has 0 bridgehead atoms. The molecule has 0 saturated heterocycles. The van der Waals surface area contributed by atoms with Gasteiger partial charge in [-0.05, 0) is 12.8 Å². The Morgan fingerprint density at radius 3 is 2.86 bits per heavy atom. The third-order valence-corrected chi connectivity index (χ3v) is 1.71. The molecule has 1 aromatic heterocycles. The number of carbonyl (C=O) groups is 1. The summed E-state index contributed by atoms with van der Waals surface area (Å²) in [6.07, 6.45) is 2.70. The van der Waals surface area contributed by atoms with E-state index in [4.69, 9.17) is 5.11 Å². The van der Waals surface area contributed by atoms with Gasteiger partial charge in [0.15, 0.2) is 0 Å². The third-order valence-electron chi connectivity index (χ3n) is 1.71. The van der Waals surface area contributed by atoms with Crippen molar-refractivity contribution < 1.29 is 9.90 Å². The molecule has 0 saturated carbocycles. The number of nitrogens with one attached hydrogen (secondary N) is 3. The predicted molar refractivity (Wildman–Crippen MR) is 50.1 cm³/mol. The van der Waals surface area contributed by atoms with Crippen molar-refractivity contribution in [2.45, 2.75) is 12.8 Å². The van der Waals surface area contributed by atoms with E-state index >= 15 is 0 Å². The van der Waals surface area contributed by atoms with E-state index in [1.165, 1.54) is 6.20 Å². The SMILES string of the molecule is O=C(NCCCCO)c1c[nH]c(=O)[nH]1. The maximum Gasteiger partial charge on any atom is 0.323 e. The highest BCUT2D eigenvalue weighted by Gasteiger charge is 2.05. The van der Waals surface area contributed by atoms with Gasteiger partial charge in [0.05, 0.1) is 0 Å². The number of hydrogen-bond donors (Lipinski definition) is 4. The monoisotopic (exact) mass is 199 g/mol. The van der Waals surface area contributed by atoms with Gasteiger partial charge >= 0.3 is 5.69 Å². The molecule has 0 radical (unpaired) electrons. The summed E-state index contributed by atoms with van der Waals surface area (Å²) in [5.74, 6) is -0.318. The molecule has 0 aliphatic carbocycles. The molecule has 0 aliphatic heterocycles. The molecule has 14 heavy (non-hydrogen) atoms. The Hall–Kier alpha value is -1.56. The lowest BCUT2D eigenvalue weighted by Gasteiger charge is -2.01. The molecule has 6 nitrogen and oxygen atoms in total. The van der Waals surface area contributed by atoms with Crippen LogP contribution in [0.25, 0.3) is 0 Å². The Labute approximate surface area is 80.4 Å². The Kier molecular flexibility index (Phi) is 3.93. The van der Waals surface area contributed by atoms with Crippen LogP contribution in [0.3, 0.4) is 0 Å². The molecule has 0 aromatic carbocycles. The molecular formula is C8H13N3O3. The largest absolute Gasteiger partial charge is 0.396 e. The highest BCUT2D eigenvalue weighted by Crippen LogP contribution is 1.89. The first-order valence-electron chi connectivity index (χ1n) is 4.41. The lowest BCUT2D eigenvalue weighted by molar-refractivity contribution is 0.0947. The van der Waals surface area contributed by atoms with Crippen LogP contribution in [0, 0.1) is 0 Å². The lowest BCUT2D eigenvalue weighted by Crippen LogP contribution is -2.25. The van der Waals surface area contributed by atoms with Crippen molar-refractivity contribution in [1.82, 2.24) is 15.3 Å². The Morgan fingerprint density at radius 2 is 2.29 bits per heavy atom. The average Bonchev–Trinajstić information content (AvgIpc) is 2.59. The Balaban J connectivity index is 2.32. The summed E-state index contributed by atoms with van der Waals surface area (Å²) in [4.78, 5) is 26.6. The highest BCUT2D eigenvalue weighted by atomic mass is 16.3. The maximum atomic E-state index is 11.3. The molecule has 1 heterocycles. The predicted octanol–water partition coefficient (Wildman–Crippen LogP) is -0.795. The van der Waals surface area contributed by atoms with Gasteiger partial charge in [-0.3, -0.25) is 4.79 Å². The molecule has 1 rings (SSSR count). The van der Waals surface area contributed by atoms with Gasteiger partial charge in [0.25, 0.3) is 5.91 Å². The summed E-state index contributed by atoms with van der Waals surface area (Å²) < 4.78 is 0. The summed E-state index contributed by atoms with van der Waals surface area (Å²) in [7, 11) is 0. The number of hydrogen-bond acceptors (Lipinski definition) is 3. The zero-order chi connectivity index (χ0) is 10.4. The average molecular weight is 199 g/mol. The second-order valence-electron chi connectivity index (χ2n) is 2.84. The van der Waals surface area contributed by atoms with E-state index in [0.29, 0.717) is 13.0 Å². The van der Waals surface area contributed by atoms with E-state index in [1.54, 1.807) is 0 Å². The minimum absolute atomic E-state index is 0.122. The Bertz CT molecular complexity index is 342. The van der Waals surface area contributed by atoms with Crippen molar-refractivity contribution in [3.63, 3.8) is 0 Å². The Morgan fingerprint density at radius 1 is 1.50 bits per heavy atom. The minimum Gasteiger partial charge on any atom is -0.396 e. The second kappa shape index (κ2) is 5.23. The molecule has 0 fully saturated rings. The number of rotatable bonds is 5. The van der Waals surface area contributed by atoms with Gasteiger partial charge in [-0.2, -0.15) is 0 Å². The number of aromatic amines is 2. The zero-order valence-electron chi connectivity index (χ0n) is 7.67. The van der Waals surface area contributed by atoms with Crippen LogP contribution in [-0.2, 0) is 0 Å². The van der Waals surface area contributed by atoms with Gasteiger partial charge in [0, 0.05) is 19.3 Å². The van der Waals surface area contributed by atoms with E-state index < -0.39 is 5.69 Å². The third kappa shape index (κ3) is 3.06. The number of carbonyl (C=O) groups excluding carboxylic acids is 1. The summed E-state index contributed by atoms with van der Waals surface area (Å²) in [6, 6.07) is 0. The lowest BCUT2D eigenvalue weighted by atomic mass is 10.3. The van der Waals surface area contributed by atoms with Crippen molar-refractivity contribution in [1.29, 1.82) is 0 Å². The molecule has 6 heteroatoms. The first-order chi connectivity index (χ1) is 6.74. The van der Waals surface area contributed by atoms with Crippen LogP contribution in [0.5, 0.6) is 0 Å². The zero-order valence-corrected chi connectivity index (χ0v) is 7.67. The fourth-order valence-electron chi connectivity index (χ4n) is 0.988. The van der Waals surface area contributed by atoms with Gasteiger partial charge in [0.1, 0.15) is 5.69 Å². The van der Waals surface area contributed by atoms with E-state index in [-0.39, 0.29) is 18.2 Å². The van der Waals surface area contributed by atoms with Crippen LogP contribution in [0.4, 0.5) is 0 Å². The normalized spacial score (nSPS) is 10.1. The molecule has 4 N–H and O–H groups in total. The molecule has 78 valence electrons. The van der Waals surface area contributed by atoms with Gasteiger partial charge in [-0.15, -0.1) is 0 Å². The molecular weight excluding hydrogens is 186 g/mol. The van der Waals surface area contributed by atoms with E-state index in [0.717, 1.165) is 6.42 Å². The number of imidazole rings is 1. The number of aliphatic hydroxyl groups excluding tert-OH is 1. The number of unbranched alkanes of at least 4 members (excludes halogenated alkanes) is 1. The van der Waals surface area contributed by atoms with Gasteiger partial charge < -0.3 is 20.4 Å². The van der Waals surface area contributed by atoms with Crippen LogP contribution in [0.2, 0.25) is 0 Å². The quantitative estimate of drug-likeness (QED) is 0.467. The van der Waals surface area contributed by atoms with Crippen molar-refractivity contribution in [3.05, 3.63) is 22.4 Å². The van der Waals surface area contributed by atoms with Crippen LogP contribution < -0.4 is 11.0 Å². The van der Waals surface area contributed by atoms with Crippen molar-refractivity contribution in [2.24, 2.45) is 0 Å². The minimum atomic E-state index is -0.398. The topological polar surface area (TPSA) is 98.0 Å². The first kappa shape index (κ1) is 10.5. The van der Waals surface area contributed by atoms with Crippen LogP contribution in [0.15, 0.2) is 11.0 Å². The number of H-pyrrole nitrogens is 2. The van der Waals surface area contributed by atoms with Crippen molar-refractivity contribution in [3.8, 4) is 0 Å². The maximum absolute atomic E-state index is 11.3. The van der Waals surface area contributed by atoms with E-state index in [9.17, 15) is 9.59 Å². The second-order valence-corrected chi connectivity index (χ2v) is 2.84. The standard InChI is InChI=1S/C8H13N3O3/c12-4-2-1-3-9-7(13)6-5-10-8(14)11-6/h5,12H,1-4H2,(H,9,13)(H2,10,11,14). The summed E-state index contributed by atoms with van der Waals surface area (Å²) in [5, 5.41) is 11.1. The number of aromatic nitrogens is 2. The highest BCUT2D eigenvalue weighted by molar-refractivity contribution is 5.91. The molecule has 1 amide bonds. The molecule has 1 aromatic rings. The van der Waals surface area contributed by atoms with Crippen LogP contribution >= 0.6 is 0 Å². The van der Waals surface area contributed by atoms with Crippen LogP contribution in [-0.4, -0.2) is 34.1 Å². The molecule has 0 aliphatic rings. The number of aliphatic hydroxyl groups is 1. The van der Waals surface area contributed by atoms with Gasteiger partial charge in [-0.1, -0.05) is 0 Å². The summed E-state index contributed by atoms with van der Waals surface area (Å²) in [5.41, 5.74) is -0.176. The first-order valence-corrected chi connectivity index (χ1v) is 4.41. The molecule has 0 spiro atoms. The summed E-state index contributed by atoms with van der Waals surface area (Å²) in [6.45, 7) is 0.615. The summed E-state index contributed by atoms with van der Waals surface area (Å²) >= 11 is 0. The number of amides is 1. The fraction of sp³-hybridized carbons (Fsp3) is 0.500. The van der Waals surface area contributed by atoms with Crippen LogP contribution in [0.1, 0.15) is 23.3 Å². The van der Waals surface area contributed by atoms with Crippen molar-refractivity contribution in [2.75, 3.05) is 13.2 Å². The fourth-order valence-corrected chi connectivity index (χ4v) is 0.988. The van der Waals surface area contributed by atoms with Gasteiger partial charge in [-0.25, -0.2) is 4.79 Å². The van der Waals surface area contributed by atoms with Gasteiger partial charge in [0.2, 0.25) is 0 Å². The molecule has 0 atom stereocenters. The van der Waals surface area contributed by atoms with E-state index in [1.807, 2.05) is 0 Å². The van der Waals surface area contributed by atoms with Crippen molar-refractivity contribution >= 4 is 5.91 Å². The molecule has 0 unspecified atom stereocenters.